The van der Waals surface area contributed by atoms with Gasteiger partial charge in [0.15, 0.2) is 0 Å². The molecule has 0 bridgehead atoms. The molecule has 2 atom stereocenters. The maximum Gasteiger partial charge on any atom is 0.0192 e. The lowest BCUT2D eigenvalue weighted by atomic mass is 10.1. The van der Waals surface area contributed by atoms with E-state index < -0.39 is 0 Å². The van der Waals surface area contributed by atoms with E-state index in [0.717, 1.165) is 18.5 Å². The van der Waals surface area contributed by atoms with E-state index in [4.69, 9.17) is 0 Å². The van der Waals surface area contributed by atoms with Crippen LogP contribution >= 0.6 is 0 Å². The highest BCUT2D eigenvalue weighted by molar-refractivity contribution is 4.74. The highest BCUT2D eigenvalue weighted by Gasteiger charge is 2.17. The van der Waals surface area contributed by atoms with E-state index in [9.17, 15) is 0 Å². The summed E-state index contributed by atoms with van der Waals surface area (Å²) >= 11 is 0. The van der Waals surface area contributed by atoms with Crippen LogP contribution in [0.4, 0.5) is 0 Å². The van der Waals surface area contributed by atoms with Crippen LogP contribution in [0.15, 0.2) is 0 Å². The van der Waals surface area contributed by atoms with Gasteiger partial charge in [-0.1, -0.05) is 20.3 Å². The van der Waals surface area contributed by atoms with Gasteiger partial charge < -0.3 is 5.32 Å². The molecule has 0 amide bonds. The first kappa shape index (κ1) is 13.0. The standard InChI is InChI=1S/C13H28N2/c1-4-7-12(2)10-14-11-13(3)15-8-5-6-9-15/h12-14H,4-11H2,1-3H3. The maximum atomic E-state index is 3.60. The SMILES string of the molecule is CCCC(C)CNCC(C)N1CCCC1. The average molecular weight is 212 g/mol. The molecule has 1 rings (SSSR count). The summed E-state index contributed by atoms with van der Waals surface area (Å²) in [5.74, 6) is 0.834. The summed E-state index contributed by atoms with van der Waals surface area (Å²) in [7, 11) is 0. The Balaban J connectivity index is 2.03. The highest BCUT2D eigenvalue weighted by Crippen LogP contribution is 2.11. The molecule has 0 saturated carbocycles. The normalized spacial score (nSPS) is 21.8. The third kappa shape index (κ3) is 4.98. The van der Waals surface area contributed by atoms with Crippen LogP contribution in [-0.4, -0.2) is 37.1 Å². The van der Waals surface area contributed by atoms with Crippen molar-refractivity contribution in [2.45, 2.75) is 52.5 Å². The molecule has 0 aromatic heterocycles. The number of likely N-dealkylation sites (tertiary alicyclic amines) is 1. The van der Waals surface area contributed by atoms with Gasteiger partial charge in [0.1, 0.15) is 0 Å². The van der Waals surface area contributed by atoms with Crippen molar-refractivity contribution < 1.29 is 0 Å². The summed E-state index contributed by atoms with van der Waals surface area (Å²) in [6.07, 6.45) is 5.46. The minimum atomic E-state index is 0.723. The van der Waals surface area contributed by atoms with E-state index >= 15 is 0 Å². The first-order valence-electron chi connectivity index (χ1n) is 6.68. The van der Waals surface area contributed by atoms with Crippen molar-refractivity contribution in [3.63, 3.8) is 0 Å². The average Bonchev–Trinajstić information content (AvgIpc) is 2.70. The van der Waals surface area contributed by atoms with Crippen LogP contribution in [0.5, 0.6) is 0 Å². The van der Waals surface area contributed by atoms with Crippen LogP contribution in [0.2, 0.25) is 0 Å². The summed E-state index contributed by atoms with van der Waals surface area (Å²) in [5, 5.41) is 3.60. The van der Waals surface area contributed by atoms with Crippen molar-refractivity contribution in [1.29, 1.82) is 0 Å². The molecule has 0 spiro atoms. The van der Waals surface area contributed by atoms with Gasteiger partial charge in [0.2, 0.25) is 0 Å². The van der Waals surface area contributed by atoms with Gasteiger partial charge in [-0.05, 0) is 51.7 Å². The fourth-order valence-corrected chi connectivity index (χ4v) is 2.44. The molecule has 1 aliphatic heterocycles. The summed E-state index contributed by atoms with van der Waals surface area (Å²) in [4.78, 5) is 2.61. The third-order valence-electron chi connectivity index (χ3n) is 3.48. The van der Waals surface area contributed by atoms with Gasteiger partial charge in [-0.15, -0.1) is 0 Å². The van der Waals surface area contributed by atoms with E-state index in [0.29, 0.717) is 0 Å². The lowest BCUT2D eigenvalue weighted by Gasteiger charge is -2.24. The van der Waals surface area contributed by atoms with E-state index in [1.807, 2.05) is 0 Å². The minimum absolute atomic E-state index is 0.723. The predicted molar refractivity (Wildman–Crippen MR) is 67.2 cm³/mol. The van der Waals surface area contributed by atoms with Gasteiger partial charge in [0.05, 0.1) is 0 Å². The number of rotatable bonds is 7. The van der Waals surface area contributed by atoms with Crippen LogP contribution in [0.25, 0.3) is 0 Å². The topological polar surface area (TPSA) is 15.3 Å². The molecule has 2 unspecified atom stereocenters. The molecule has 2 nitrogen and oxygen atoms in total. The molecule has 1 aliphatic rings. The second kappa shape index (κ2) is 7.24. The second-order valence-electron chi connectivity index (χ2n) is 5.14. The summed E-state index contributed by atoms with van der Waals surface area (Å²) in [6, 6.07) is 0.723. The third-order valence-corrected chi connectivity index (χ3v) is 3.48. The Morgan fingerprint density at radius 1 is 1.13 bits per heavy atom. The molecule has 1 heterocycles. The zero-order valence-electron chi connectivity index (χ0n) is 10.8. The van der Waals surface area contributed by atoms with E-state index in [-0.39, 0.29) is 0 Å². The lowest BCUT2D eigenvalue weighted by molar-refractivity contribution is 0.249. The smallest absolute Gasteiger partial charge is 0.0192 e. The van der Waals surface area contributed by atoms with Crippen LogP contribution in [0, 0.1) is 5.92 Å². The number of nitrogens with zero attached hydrogens (tertiary/aromatic N) is 1. The van der Waals surface area contributed by atoms with Gasteiger partial charge in [0.25, 0.3) is 0 Å². The Kier molecular flexibility index (Phi) is 6.26. The van der Waals surface area contributed by atoms with Gasteiger partial charge in [-0.3, -0.25) is 4.90 Å². The van der Waals surface area contributed by atoms with Crippen molar-refractivity contribution in [2.75, 3.05) is 26.2 Å². The molecule has 0 radical (unpaired) electrons. The Morgan fingerprint density at radius 2 is 1.80 bits per heavy atom. The quantitative estimate of drug-likeness (QED) is 0.697. The highest BCUT2D eigenvalue weighted by atomic mass is 15.2. The van der Waals surface area contributed by atoms with Crippen molar-refractivity contribution in [1.82, 2.24) is 10.2 Å². The molecule has 2 heteroatoms. The van der Waals surface area contributed by atoms with Crippen LogP contribution in [0.1, 0.15) is 46.5 Å². The van der Waals surface area contributed by atoms with E-state index in [2.05, 4.69) is 31.0 Å². The lowest BCUT2D eigenvalue weighted by Crippen LogP contribution is -2.39. The molecule has 1 saturated heterocycles. The van der Waals surface area contributed by atoms with Crippen molar-refractivity contribution in [3.05, 3.63) is 0 Å². The van der Waals surface area contributed by atoms with Gasteiger partial charge in [-0.25, -0.2) is 0 Å². The fraction of sp³-hybridized carbons (Fsp3) is 1.00. The Hall–Kier alpha value is -0.0800. The van der Waals surface area contributed by atoms with Gasteiger partial charge in [0, 0.05) is 12.6 Å². The minimum Gasteiger partial charge on any atom is -0.315 e. The first-order chi connectivity index (χ1) is 7.24. The molecular formula is C13H28N2. The molecule has 0 aromatic carbocycles. The fourth-order valence-electron chi connectivity index (χ4n) is 2.44. The number of hydrogen-bond donors (Lipinski definition) is 1. The van der Waals surface area contributed by atoms with Crippen molar-refractivity contribution >= 4 is 0 Å². The maximum absolute atomic E-state index is 3.60. The Bertz CT molecular complexity index is 153. The van der Waals surface area contributed by atoms with E-state index in [1.165, 1.54) is 45.3 Å². The Morgan fingerprint density at radius 3 is 2.40 bits per heavy atom. The van der Waals surface area contributed by atoms with Gasteiger partial charge in [-0.2, -0.15) is 0 Å². The molecule has 15 heavy (non-hydrogen) atoms. The molecule has 1 N–H and O–H groups in total. The zero-order valence-corrected chi connectivity index (χ0v) is 10.8. The summed E-state index contributed by atoms with van der Waals surface area (Å²) in [5.41, 5.74) is 0. The molecule has 0 aromatic rings. The Labute approximate surface area is 95.4 Å². The first-order valence-corrected chi connectivity index (χ1v) is 6.68. The number of nitrogens with one attached hydrogen (secondary N) is 1. The summed E-state index contributed by atoms with van der Waals surface area (Å²) < 4.78 is 0. The van der Waals surface area contributed by atoms with Crippen molar-refractivity contribution in [3.8, 4) is 0 Å². The van der Waals surface area contributed by atoms with Crippen molar-refractivity contribution in [2.24, 2.45) is 5.92 Å². The molecule has 90 valence electrons. The largest absolute Gasteiger partial charge is 0.315 e. The molecular weight excluding hydrogens is 184 g/mol. The molecule has 1 fully saturated rings. The van der Waals surface area contributed by atoms with Crippen LogP contribution in [0.3, 0.4) is 0 Å². The predicted octanol–water partition coefficient (Wildman–Crippen LogP) is 2.50. The monoisotopic (exact) mass is 212 g/mol. The van der Waals surface area contributed by atoms with E-state index in [1.54, 1.807) is 0 Å². The summed E-state index contributed by atoms with van der Waals surface area (Å²) in [6.45, 7) is 11.9. The van der Waals surface area contributed by atoms with Crippen LogP contribution < -0.4 is 5.32 Å². The molecule has 0 aliphatic carbocycles. The van der Waals surface area contributed by atoms with Crippen LogP contribution in [-0.2, 0) is 0 Å². The van der Waals surface area contributed by atoms with Gasteiger partial charge >= 0.3 is 0 Å². The number of hydrogen-bond acceptors (Lipinski definition) is 2. The second-order valence-corrected chi connectivity index (χ2v) is 5.14. The zero-order chi connectivity index (χ0) is 11.1.